The average molecular weight is 717 g/mol. The number of benzene rings is 1. The number of unbranched alkanes of at least 4 members (excludes halogenated alkanes) is 1. The van der Waals surface area contributed by atoms with Crippen molar-refractivity contribution in [3.8, 4) is 0 Å². The van der Waals surface area contributed by atoms with Crippen molar-refractivity contribution < 1.29 is 43.0 Å². The van der Waals surface area contributed by atoms with Gasteiger partial charge in [-0.25, -0.2) is 4.79 Å². The Morgan fingerprint density at radius 3 is 2.08 bits per heavy atom. The first-order valence-corrected chi connectivity index (χ1v) is 17.4. The fourth-order valence-electron chi connectivity index (χ4n) is 5.53. The Bertz CT molecular complexity index is 1400. The fraction of sp³-hybridized carbons (Fsp3) is 0.639. The Hall–Kier alpha value is -4.53. The van der Waals surface area contributed by atoms with Gasteiger partial charge in [0, 0.05) is 13.0 Å². The molecule has 15 heteroatoms. The van der Waals surface area contributed by atoms with Crippen molar-refractivity contribution in [3.63, 3.8) is 0 Å². The lowest BCUT2D eigenvalue weighted by atomic mass is 10.0. The Balaban J connectivity index is 2.23. The van der Waals surface area contributed by atoms with Crippen LogP contribution in [0.4, 0.5) is 4.79 Å². The molecule has 0 aliphatic carbocycles. The second-order valence-electron chi connectivity index (χ2n) is 15.0. The summed E-state index contributed by atoms with van der Waals surface area (Å²) < 4.78 is 11.5. The zero-order valence-electron chi connectivity index (χ0n) is 31.3. The van der Waals surface area contributed by atoms with Gasteiger partial charge in [0.05, 0.1) is 24.3 Å². The largest absolute Gasteiger partial charge is 0.444 e. The topological polar surface area (TPSA) is 215 Å². The van der Waals surface area contributed by atoms with Crippen molar-refractivity contribution in [2.24, 2.45) is 11.7 Å². The molecule has 0 spiro atoms. The molecule has 0 bridgehead atoms. The van der Waals surface area contributed by atoms with Crippen molar-refractivity contribution in [1.29, 1.82) is 0 Å². The third-order valence-electron chi connectivity index (χ3n) is 7.81. The van der Waals surface area contributed by atoms with E-state index in [0.29, 0.717) is 18.4 Å². The van der Waals surface area contributed by atoms with E-state index in [-0.39, 0.29) is 25.3 Å². The van der Waals surface area contributed by atoms with E-state index >= 15 is 0 Å². The lowest BCUT2D eigenvalue weighted by Crippen LogP contribution is -2.57. The lowest BCUT2D eigenvalue weighted by molar-refractivity contribution is -0.143. The van der Waals surface area contributed by atoms with Gasteiger partial charge >= 0.3 is 6.09 Å². The van der Waals surface area contributed by atoms with Gasteiger partial charge in [-0.05, 0) is 59.4 Å². The van der Waals surface area contributed by atoms with E-state index in [9.17, 15) is 33.6 Å². The highest BCUT2D eigenvalue weighted by Crippen LogP contribution is 2.27. The first-order valence-electron chi connectivity index (χ1n) is 17.4. The van der Waals surface area contributed by atoms with Crippen LogP contribution >= 0.6 is 0 Å². The third kappa shape index (κ3) is 14.0. The van der Waals surface area contributed by atoms with Crippen LogP contribution in [0.25, 0.3) is 0 Å². The number of nitrogens with two attached hydrogens (primary N) is 1. The second kappa shape index (κ2) is 18.6. The molecule has 1 aliphatic heterocycles. The van der Waals surface area contributed by atoms with Crippen LogP contribution in [-0.4, -0.2) is 94.8 Å². The maximum absolute atomic E-state index is 14.0. The van der Waals surface area contributed by atoms with E-state index in [1.165, 1.54) is 4.90 Å². The molecule has 0 saturated carbocycles. The first kappa shape index (κ1) is 42.6. The number of carbonyl (C=O) groups excluding carboxylic acids is 7. The molecular formula is C36H56N6O9. The van der Waals surface area contributed by atoms with E-state index in [0.717, 1.165) is 0 Å². The van der Waals surface area contributed by atoms with Gasteiger partial charge in [-0.1, -0.05) is 63.9 Å². The number of hydrogen-bond donors (Lipinski definition) is 5. The Labute approximate surface area is 300 Å². The quantitative estimate of drug-likeness (QED) is 0.158. The van der Waals surface area contributed by atoms with E-state index in [4.69, 9.17) is 15.2 Å². The predicted molar refractivity (Wildman–Crippen MR) is 189 cm³/mol. The molecule has 0 aromatic heterocycles. The van der Waals surface area contributed by atoms with Gasteiger partial charge < -0.3 is 41.4 Å². The number of nitrogens with one attached hydrogen (secondary N) is 4. The Morgan fingerprint density at radius 1 is 0.922 bits per heavy atom. The predicted octanol–water partition coefficient (Wildman–Crippen LogP) is 2.02. The summed E-state index contributed by atoms with van der Waals surface area (Å²) in [6.45, 7) is 15.4. The van der Waals surface area contributed by atoms with Crippen molar-refractivity contribution in [1.82, 2.24) is 26.2 Å². The number of carbonyl (C=O) groups is 7. The van der Waals surface area contributed by atoms with Gasteiger partial charge in [-0.15, -0.1) is 0 Å². The Kier molecular flexibility index (Phi) is 15.6. The van der Waals surface area contributed by atoms with Crippen LogP contribution in [-0.2, 0) is 38.2 Å². The maximum atomic E-state index is 14.0. The highest BCUT2D eigenvalue weighted by Gasteiger charge is 2.45. The standard InChI is InChI=1S/C36H56N6O9/c1-10-11-17-24(29(44)32(47)38-19-26(43)40-28(30(37)45)22-15-13-12-14-16-22)39-31(46)25-18-23(50-35(4,5)6)20-42(25)33(48)27(21(2)3)41-34(49)51-36(7,8)9/h12-16,21,23-25,27-28H,10-11,17-20H2,1-9H3,(H2,37,45)(H,38,47)(H,39,46)(H,40,43)(H,41,49)/t23-,24?,25+,27+,28?/m1/s1. The fourth-order valence-corrected chi connectivity index (χ4v) is 5.53. The van der Waals surface area contributed by atoms with Crippen LogP contribution in [0, 0.1) is 5.92 Å². The smallest absolute Gasteiger partial charge is 0.408 e. The lowest BCUT2D eigenvalue weighted by Gasteiger charge is -2.31. The highest BCUT2D eigenvalue weighted by atomic mass is 16.6. The number of rotatable bonds is 16. The second-order valence-corrected chi connectivity index (χ2v) is 15.0. The number of alkyl carbamates (subject to hydrolysis) is 1. The third-order valence-corrected chi connectivity index (χ3v) is 7.81. The number of primary amides is 1. The van der Waals surface area contributed by atoms with E-state index in [1.807, 2.05) is 27.7 Å². The number of nitrogens with zero attached hydrogens (tertiary/aromatic N) is 1. The minimum Gasteiger partial charge on any atom is -0.444 e. The van der Waals surface area contributed by atoms with Crippen molar-refractivity contribution in [2.45, 2.75) is 129 Å². The van der Waals surface area contributed by atoms with Crippen molar-refractivity contribution in [2.75, 3.05) is 13.1 Å². The molecule has 1 aromatic rings. The number of hydrogen-bond acceptors (Lipinski definition) is 9. The number of Topliss-reactive ketones (excluding diaryl/α,β-unsaturated/α-hetero) is 1. The summed E-state index contributed by atoms with van der Waals surface area (Å²) in [5.41, 5.74) is 4.49. The van der Waals surface area contributed by atoms with E-state index in [2.05, 4.69) is 21.3 Å². The summed E-state index contributed by atoms with van der Waals surface area (Å²) in [4.78, 5) is 92.8. The molecule has 2 unspecified atom stereocenters. The van der Waals surface area contributed by atoms with E-state index in [1.54, 1.807) is 65.0 Å². The molecule has 284 valence electrons. The molecule has 51 heavy (non-hydrogen) atoms. The molecule has 6 amide bonds. The monoisotopic (exact) mass is 716 g/mol. The minimum atomic E-state index is -1.26. The molecule has 15 nitrogen and oxygen atoms in total. The van der Waals surface area contributed by atoms with Gasteiger partial charge in [0.25, 0.3) is 5.91 Å². The summed E-state index contributed by atoms with van der Waals surface area (Å²) in [5.74, 6) is -5.24. The SMILES string of the molecule is CCCCC(NC(=O)[C@@H]1C[C@@H](OC(C)(C)C)CN1C(=O)[C@@H](NC(=O)OC(C)(C)C)C(C)C)C(=O)C(=O)NCC(=O)NC(C(N)=O)c1ccccc1. The maximum Gasteiger partial charge on any atom is 0.408 e. The summed E-state index contributed by atoms with van der Waals surface area (Å²) in [7, 11) is 0. The number of likely N-dealkylation sites (tertiary alicyclic amines) is 1. The van der Waals surface area contributed by atoms with Crippen LogP contribution < -0.4 is 27.0 Å². The van der Waals surface area contributed by atoms with Crippen molar-refractivity contribution in [3.05, 3.63) is 35.9 Å². The molecule has 2 rings (SSSR count). The minimum absolute atomic E-state index is 0.0475. The van der Waals surface area contributed by atoms with Crippen molar-refractivity contribution >= 4 is 41.4 Å². The molecule has 5 atom stereocenters. The van der Waals surface area contributed by atoms with E-state index < -0.39 is 89.4 Å². The zero-order valence-corrected chi connectivity index (χ0v) is 31.3. The molecule has 1 heterocycles. The van der Waals surface area contributed by atoms with Gasteiger partial charge in [0.1, 0.15) is 23.7 Å². The molecular weight excluding hydrogens is 660 g/mol. The summed E-state index contributed by atoms with van der Waals surface area (Å²) >= 11 is 0. The van der Waals surface area contributed by atoms with Gasteiger partial charge in [-0.3, -0.25) is 28.8 Å². The molecule has 0 radical (unpaired) electrons. The molecule has 6 N–H and O–H groups in total. The average Bonchev–Trinajstić information content (AvgIpc) is 3.44. The van der Waals surface area contributed by atoms with Crippen LogP contribution in [0.1, 0.15) is 99.6 Å². The molecule has 1 saturated heterocycles. The van der Waals surface area contributed by atoms with Crippen LogP contribution in [0.3, 0.4) is 0 Å². The number of ketones is 1. The van der Waals surface area contributed by atoms with Gasteiger partial charge in [0.15, 0.2) is 0 Å². The number of amides is 6. The normalized spacial score (nSPS) is 17.9. The summed E-state index contributed by atoms with van der Waals surface area (Å²) in [6, 6.07) is 3.76. The highest BCUT2D eigenvalue weighted by molar-refractivity contribution is 6.38. The number of ether oxygens (including phenoxy) is 2. The van der Waals surface area contributed by atoms with Crippen LogP contribution in [0.15, 0.2) is 30.3 Å². The van der Waals surface area contributed by atoms with Gasteiger partial charge in [-0.2, -0.15) is 0 Å². The molecule has 1 aromatic carbocycles. The summed E-state index contributed by atoms with van der Waals surface area (Å²) in [5, 5.41) is 10.0. The van der Waals surface area contributed by atoms with Crippen LogP contribution in [0.5, 0.6) is 0 Å². The molecule has 1 fully saturated rings. The Morgan fingerprint density at radius 2 is 1.55 bits per heavy atom. The summed E-state index contributed by atoms with van der Waals surface area (Å²) in [6.07, 6.45) is 0.0451. The zero-order chi connectivity index (χ0) is 38.7. The molecule has 1 aliphatic rings. The first-order chi connectivity index (χ1) is 23.6. The van der Waals surface area contributed by atoms with Crippen LogP contribution in [0.2, 0.25) is 0 Å². The van der Waals surface area contributed by atoms with Gasteiger partial charge in [0.2, 0.25) is 29.4 Å².